The van der Waals surface area contributed by atoms with Crippen LogP contribution in [-0.2, 0) is 0 Å². The number of hydrogen-bond donors (Lipinski definition) is 1. The highest BCUT2D eigenvalue weighted by molar-refractivity contribution is 9.10. The summed E-state index contributed by atoms with van der Waals surface area (Å²) in [5.74, 6) is 0.808. The van der Waals surface area contributed by atoms with Crippen molar-refractivity contribution in [1.82, 2.24) is 0 Å². The summed E-state index contributed by atoms with van der Waals surface area (Å²) in [7, 11) is 0. The second-order valence-electron chi connectivity index (χ2n) is 5.76. The topological polar surface area (TPSA) is 40.5 Å². The summed E-state index contributed by atoms with van der Waals surface area (Å²) in [6.45, 7) is 2.24. The number of benzene rings is 1. The Hall–Kier alpha value is -1.03. The number of carboxylic acids is 1. The molecular formula is C15H18BrNO2. The molecule has 3 nitrogen and oxygen atoms in total. The molecule has 2 fully saturated rings. The van der Waals surface area contributed by atoms with Gasteiger partial charge in [0.05, 0.1) is 5.56 Å². The standard InChI is InChI=1S/C15H18BrNO2/c16-14-7-12(5-6-13(14)15(18)19)17(8-10-1-2-10)9-11-3-4-11/h5-7,10-11H,1-4,8-9H2,(H,18,19). The maximum atomic E-state index is 11.0. The molecule has 2 saturated carbocycles. The molecule has 1 aromatic rings. The van der Waals surface area contributed by atoms with Gasteiger partial charge >= 0.3 is 5.97 Å². The predicted molar refractivity (Wildman–Crippen MR) is 78.8 cm³/mol. The minimum atomic E-state index is -0.880. The van der Waals surface area contributed by atoms with Crippen molar-refractivity contribution in [3.05, 3.63) is 28.2 Å². The van der Waals surface area contributed by atoms with E-state index in [1.807, 2.05) is 12.1 Å². The Morgan fingerprint density at radius 3 is 2.21 bits per heavy atom. The molecule has 0 saturated heterocycles. The molecule has 1 aromatic carbocycles. The molecule has 4 heteroatoms. The molecule has 2 aliphatic carbocycles. The van der Waals surface area contributed by atoms with E-state index in [1.54, 1.807) is 6.07 Å². The zero-order valence-electron chi connectivity index (χ0n) is 10.8. The number of carbonyl (C=O) groups is 1. The van der Waals surface area contributed by atoms with Crippen LogP contribution >= 0.6 is 15.9 Å². The van der Waals surface area contributed by atoms with Crippen LogP contribution in [0.5, 0.6) is 0 Å². The molecule has 102 valence electrons. The van der Waals surface area contributed by atoms with E-state index in [-0.39, 0.29) is 0 Å². The van der Waals surface area contributed by atoms with E-state index in [1.165, 1.54) is 25.7 Å². The van der Waals surface area contributed by atoms with Crippen LogP contribution in [0, 0.1) is 11.8 Å². The minimum Gasteiger partial charge on any atom is -0.478 e. The van der Waals surface area contributed by atoms with Crippen LogP contribution in [0.25, 0.3) is 0 Å². The van der Waals surface area contributed by atoms with Gasteiger partial charge < -0.3 is 10.0 Å². The average Bonchev–Trinajstić information content (AvgIpc) is 3.22. The maximum absolute atomic E-state index is 11.0. The Morgan fingerprint density at radius 1 is 1.21 bits per heavy atom. The second-order valence-corrected chi connectivity index (χ2v) is 6.62. The van der Waals surface area contributed by atoms with Crippen LogP contribution < -0.4 is 4.90 Å². The van der Waals surface area contributed by atoms with Gasteiger partial charge in [0.15, 0.2) is 0 Å². The lowest BCUT2D eigenvalue weighted by Crippen LogP contribution is -2.28. The fraction of sp³-hybridized carbons (Fsp3) is 0.533. The van der Waals surface area contributed by atoms with E-state index in [4.69, 9.17) is 5.11 Å². The van der Waals surface area contributed by atoms with Gasteiger partial charge in [-0.2, -0.15) is 0 Å². The van der Waals surface area contributed by atoms with Crippen molar-refractivity contribution in [2.45, 2.75) is 25.7 Å². The lowest BCUT2D eigenvalue weighted by molar-refractivity contribution is 0.0696. The first-order valence-corrected chi connectivity index (χ1v) is 7.70. The first-order valence-electron chi connectivity index (χ1n) is 6.91. The molecule has 19 heavy (non-hydrogen) atoms. The zero-order valence-corrected chi connectivity index (χ0v) is 12.4. The first kappa shape index (κ1) is 13.0. The molecule has 0 radical (unpaired) electrons. The zero-order chi connectivity index (χ0) is 13.4. The third kappa shape index (κ3) is 3.30. The predicted octanol–water partition coefficient (Wildman–Crippen LogP) is 3.77. The number of nitrogens with zero attached hydrogens (tertiary/aromatic N) is 1. The number of aromatic carboxylic acids is 1. The van der Waals surface area contributed by atoms with Gasteiger partial charge in [0.2, 0.25) is 0 Å². The number of carboxylic acid groups (broad SMARTS) is 1. The Labute approximate surface area is 121 Å². The monoisotopic (exact) mass is 323 g/mol. The van der Waals surface area contributed by atoms with Crippen molar-refractivity contribution in [1.29, 1.82) is 0 Å². The lowest BCUT2D eigenvalue weighted by atomic mass is 10.2. The fourth-order valence-electron chi connectivity index (χ4n) is 2.38. The summed E-state index contributed by atoms with van der Waals surface area (Å²) < 4.78 is 0.675. The van der Waals surface area contributed by atoms with Crippen molar-refractivity contribution in [2.24, 2.45) is 11.8 Å². The van der Waals surface area contributed by atoms with Crippen LogP contribution in [0.2, 0.25) is 0 Å². The van der Waals surface area contributed by atoms with Gasteiger partial charge in [-0.3, -0.25) is 0 Å². The van der Waals surface area contributed by atoms with Crippen LogP contribution in [0.1, 0.15) is 36.0 Å². The van der Waals surface area contributed by atoms with E-state index < -0.39 is 5.97 Å². The summed E-state index contributed by atoms with van der Waals surface area (Å²) in [6, 6.07) is 5.60. The molecule has 0 aliphatic heterocycles. The maximum Gasteiger partial charge on any atom is 0.336 e. The third-order valence-corrected chi connectivity index (χ3v) is 4.56. The number of hydrogen-bond acceptors (Lipinski definition) is 2. The van der Waals surface area contributed by atoms with Gasteiger partial charge in [-0.25, -0.2) is 4.79 Å². The van der Waals surface area contributed by atoms with E-state index in [2.05, 4.69) is 20.8 Å². The molecule has 0 heterocycles. The molecule has 3 rings (SSSR count). The van der Waals surface area contributed by atoms with Gasteiger partial charge in [-0.05, 0) is 71.6 Å². The summed E-state index contributed by atoms with van der Waals surface area (Å²) in [6.07, 6.45) is 5.37. The molecule has 0 spiro atoms. The van der Waals surface area contributed by atoms with Crippen molar-refractivity contribution in [3.8, 4) is 0 Å². The molecule has 2 aliphatic rings. The Kier molecular flexibility index (Phi) is 3.52. The smallest absolute Gasteiger partial charge is 0.336 e. The van der Waals surface area contributed by atoms with Gasteiger partial charge in [0.1, 0.15) is 0 Å². The lowest BCUT2D eigenvalue weighted by Gasteiger charge is -2.25. The van der Waals surface area contributed by atoms with Crippen molar-refractivity contribution < 1.29 is 9.90 Å². The SMILES string of the molecule is O=C(O)c1ccc(N(CC2CC2)CC2CC2)cc1Br. The van der Waals surface area contributed by atoms with E-state index in [0.717, 1.165) is 30.6 Å². The third-order valence-electron chi connectivity index (χ3n) is 3.90. The summed E-state index contributed by atoms with van der Waals surface area (Å²) in [5, 5.41) is 9.06. The number of anilines is 1. The molecule has 0 amide bonds. The highest BCUT2D eigenvalue weighted by atomic mass is 79.9. The van der Waals surface area contributed by atoms with Gasteiger partial charge in [0.25, 0.3) is 0 Å². The normalized spacial score (nSPS) is 18.4. The summed E-state index contributed by atoms with van der Waals surface area (Å²) in [4.78, 5) is 13.5. The first-order chi connectivity index (χ1) is 9.13. The molecule has 0 unspecified atom stereocenters. The quantitative estimate of drug-likeness (QED) is 0.866. The summed E-state index contributed by atoms with van der Waals surface area (Å²) >= 11 is 3.37. The highest BCUT2D eigenvalue weighted by Gasteiger charge is 2.29. The largest absolute Gasteiger partial charge is 0.478 e. The minimum absolute atomic E-state index is 0.335. The molecule has 0 atom stereocenters. The van der Waals surface area contributed by atoms with Crippen LogP contribution in [0.15, 0.2) is 22.7 Å². The van der Waals surface area contributed by atoms with E-state index in [9.17, 15) is 4.79 Å². The molecule has 0 aromatic heterocycles. The Morgan fingerprint density at radius 2 is 1.79 bits per heavy atom. The van der Waals surface area contributed by atoms with E-state index in [0.29, 0.717) is 10.0 Å². The molecule has 1 N–H and O–H groups in total. The van der Waals surface area contributed by atoms with Crippen molar-refractivity contribution in [2.75, 3.05) is 18.0 Å². The van der Waals surface area contributed by atoms with Crippen LogP contribution in [0.3, 0.4) is 0 Å². The van der Waals surface area contributed by atoms with Gasteiger partial charge in [0, 0.05) is 23.2 Å². The van der Waals surface area contributed by atoms with Gasteiger partial charge in [-0.15, -0.1) is 0 Å². The van der Waals surface area contributed by atoms with Crippen molar-refractivity contribution in [3.63, 3.8) is 0 Å². The summed E-state index contributed by atoms with van der Waals surface area (Å²) in [5.41, 5.74) is 1.48. The number of rotatable bonds is 6. The molecular weight excluding hydrogens is 306 g/mol. The second kappa shape index (κ2) is 5.16. The van der Waals surface area contributed by atoms with Gasteiger partial charge in [-0.1, -0.05) is 0 Å². The van der Waals surface area contributed by atoms with Crippen LogP contribution in [0.4, 0.5) is 5.69 Å². The van der Waals surface area contributed by atoms with E-state index >= 15 is 0 Å². The van der Waals surface area contributed by atoms with Crippen LogP contribution in [-0.4, -0.2) is 24.2 Å². The highest BCUT2D eigenvalue weighted by Crippen LogP contribution is 2.36. The number of halogens is 1. The van der Waals surface area contributed by atoms with Crippen molar-refractivity contribution >= 4 is 27.6 Å². The molecule has 0 bridgehead atoms. The Balaban J connectivity index is 1.79. The average molecular weight is 324 g/mol. The Bertz CT molecular complexity index is 481. The fourth-order valence-corrected chi connectivity index (χ4v) is 2.92.